The van der Waals surface area contributed by atoms with Gasteiger partial charge in [-0.3, -0.25) is 4.79 Å². The van der Waals surface area contributed by atoms with Gasteiger partial charge in [0.05, 0.1) is 17.9 Å². The molecule has 0 saturated carbocycles. The zero-order valence-corrected chi connectivity index (χ0v) is 18.1. The zero-order valence-electron chi connectivity index (χ0n) is 15.6. The molecule has 0 aliphatic carbocycles. The molecule has 0 unspecified atom stereocenters. The lowest BCUT2D eigenvalue weighted by molar-refractivity contribution is -0.120. The molecule has 1 aliphatic heterocycles. The Balaban J connectivity index is 1.67. The summed E-state index contributed by atoms with van der Waals surface area (Å²) in [5.41, 5.74) is 0. The molecule has 0 bridgehead atoms. The Bertz CT molecular complexity index is 915. The minimum atomic E-state index is -3.66. The van der Waals surface area contributed by atoms with E-state index in [1.807, 2.05) is 6.92 Å². The fourth-order valence-corrected chi connectivity index (χ4v) is 6.10. The maximum Gasteiger partial charge on any atom is 0.243 e. The van der Waals surface area contributed by atoms with Crippen LogP contribution in [0, 0.1) is 5.92 Å². The van der Waals surface area contributed by atoms with Crippen molar-refractivity contribution in [3.63, 3.8) is 0 Å². The van der Waals surface area contributed by atoms with E-state index in [4.69, 9.17) is 4.74 Å². The van der Waals surface area contributed by atoms with Gasteiger partial charge in [-0.25, -0.2) is 8.42 Å². The molecule has 1 atom stereocenters. The summed E-state index contributed by atoms with van der Waals surface area (Å²) < 4.78 is 33.1. The van der Waals surface area contributed by atoms with Gasteiger partial charge in [-0.1, -0.05) is 30.0 Å². The van der Waals surface area contributed by atoms with Crippen LogP contribution in [0.15, 0.2) is 33.5 Å². The van der Waals surface area contributed by atoms with Gasteiger partial charge in [0.2, 0.25) is 21.1 Å². The van der Waals surface area contributed by atoms with Gasteiger partial charge in [0.15, 0.2) is 4.34 Å². The molecule has 1 fully saturated rings. The Hall–Kier alpha value is -1.69. The summed E-state index contributed by atoms with van der Waals surface area (Å²) in [6.07, 6.45) is 1.26. The smallest absolute Gasteiger partial charge is 0.243 e. The number of sulfonamides is 1. The van der Waals surface area contributed by atoms with Crippen molar-refractivity contribution in [1.29, 1.82) is 0 Å². The van der Waals surface area contributed by atoms with Crippen LogP contribution in [0.3, 0.4) is 0 Å². The first kappa shape index (κ1) is 21.0. The van der Waals surface area contributed by atoms with Crippen molar-refractivity contribution in [2.24, 2.45) is 5.92 Å². The normalized spacial score (nSPS) is 18.0. The standard InChI is InChI=1S/C17H22N4O4S3/c1-3-26-17-20-19-16(27-17)18-15(22)12-5-4-10-21(11-12)28(23,24)14-8-6-13(25-2)7-9-14/h6-9,12H,3-5,10-11H2,1-2H3,(H,18,19,22)/t12-/m0/s1. The first-order chi connectivity index (χ1) is 13.4. The van der Waals surface area contributed by atoms with E-state index < -0.39 is 15.9 Å². The summed E-state index contributed by atoms with van der Waals surface area (Å²) in [6, 6.07) is 6.27. The topological polar surface area (TPSA) is 101 Å². The van der Waals surface area contributed by atoms with Crippen molar-refractivity contribution in [3.05, 3.63) is 24.3 Å². The molecular weight excluding hydrogens is 420 g/mol. The number of nitrogens with one attached hydrogen (secondary N) is 1. The molecule has 28 heavy (non-hydrogen) atoms. The first-order valence-corrected chi connectivity index (χ1v) is 12.1. The van der Waals surface area contributed by atoms with Crippen molar-refractivity contribution in [2.45, 2.75) is 29.0 Å². The molecule has 11 heteroatoms. The van der Waals surface area contributed by atoms with Crippen LogP contribution in [0.25, 0.3) is 0 Å². The van der Waals surface area contributed by atoms with Gasteiger partial charge in [0, 0.05) is 13.1 Å². The number of nitrogens with zero attached hydrogens (tertiary/aromatic N) is 3. The number of anilines is 1. The van der Waals surface area contributed by atoms with E-state index >= 15 is 0 Å². The number of benzene rings is 1. The average Bonchev–Trinajstić information content (AvgIpc) is 3.15. The fraction of sp³-hybridized carbons (Fsp3) is 0.471. The van der Waals surface area contributed by atoms with Crippen LogP contribution in [-0.4, -0.2) is 54.8 Å². The summed E-state index contributed by atoms with van der Waals surface area (Å²) in [6.45, 7) is 2.56. The summed E-state index contributed by atoms with van der Waals surface area (Å²) in [4.78, 5) is 12.8. The number of hydrogen-bond donors (Lipinski definition) is 1. The molecule has 3 rings (SSSR count). The number of amides is 1. The number of ether oxygens (including phenoxy) is 1. The van der Waals surface area contributed by atoms with Crippen LogP contribution < -0.4 is 10.1 Å². The summed E-state index contributed by atoms with van der Waals surface area (Å²) in [7, 11) is -2.13. The van der Waals surface area contributed by atoms with E-state index in [-0.39, 0.29) is 17.3 Å². The molecule has 1 N–H and O–H groups in total. The van der Waals surface area contributed by atoms with Gasteiger partial charge in [0.1, 0.15) is 5.75 Å². The summed E-state index contributed by atoms with van der Waals surface area (Å²) >= 11 is 2.88. The lowest BCUT2D eigenvalue weighted by atomic mass is 9.99. The molecule has 152 valence electrons. The van der Waals surface area contributed by atoms with Crippen LogP contribution in [0.1, 0.15) is 19.8 Å². The third-order valence-electron chi connectivity index (χ3n) is 4.36. The maximum atomic E-state index is 12.9. The number of piperidine rings is 1. The molecule has 8 nitrogen and oxygen atoms in total. The molecule has 1 amide bonds. The quantitative estimate of drug-likeness (QED) is 0.520. The number of methoxy groups -OCH3 is 1. The summed E-state index contributed by atoms with van der Waals surface area (Å²) in [5, 5.41) is 11.2. The van der Waals surface area contributed by atoms with Gasteiger partial charge in [-0.2, -0.15) is 4.31 Å². The summed E-state index contributed by atoms with van der Waals surface area (Å²) in [5.74, 6) is 0.822. The largest absolute Gasteiger partial charge is 0.497 e. The molecule has 1 aromatic heterocycles. The first-order valence-electron chi connectivity index (χ1n) is 8.85. The van der Waals surface area contributed by atoms with Crippen LogP contribution in [0.5, 0.6) is 5.75 Å². The molecular formula is C17H22N4O4S3. The van der Waals surface area contributed by atoms with Crippen LogP contribution >= 0.6 is 23.1 Å². The van der Waals surface area contributed by atoms with E-state index in [1.54, 1.807) is 23.9 Å². The highest BCUT2D eigenvalue weighted by atomic mass is 32.2. The number of carbonyl (C=O) groups is 1. The van der Waals surface area contributed by atoms with Crippen molar-refractivity contribution >= 4 is 44.2 Å². The van der Waals surface area contributed by atoms with Crippen LogP contribution in [0.4, 0.5) is 5.13 Å². The molecule has 0 spiro atoms. The fourth-order valence-electron chi connectivity index (χ4n) is 2.92. The van der Waals surface area contributed by atoms with Crippen molar-refractivity contribution < 1.29 is 17.9 Å². The Kier molecular flexibility index (Phi) is 6.91. The number of carbonyl (C=O) groups excluding carboxylic acids is 1. The van der Waals surface area contributed by atoms with Gasteiger partial charge in [0.25, 0.3) is 0 Å². The minimum Gasteiger partial charge on any atom is -0.497 e. The highest BCUT2D eigenvalue weighted by Crippen LogP contribution is 2.28. The molecule has 2 heterocycles. The predicted octanol–water partition coefficient (Wildman–Crippen LogP) is 2.70. The van der Waals surface area contributed by atoms with E-state index in [1.165, 1.54) is 34.9 Å². The third-order valence-corrected chi connectivity index (χ3v) is 8.09. The van der Waals surface area contributed by atoms with Gasteiger partial charge in [-0.15, -0.1) is 10.2 Å². The number of rotatable bonds is 7. The van der Waals surface area contributed by atoms with Gasteiger partial charge >= 0.3 is 0 Å². The van der Waals surface area contributed by atoms with Gasteiger partial charge < -0.3 is 10.1 Å². The maximum absolute atomic E-state index is 12.9. The SMILES string of the molecule is CCSc1nnc(NC(=O)[C@H]2CCCN(S(=O)(=O)c3ccc(OC)cc3)C2)s1. The highest BCUT2D eigenvalue weighted by molar-refractivity contribution is 8.01. The molecule has 1 aromatic carbocycles. The average molecular weight is 443 g/mol. The van der Waals surface area contributed by atoms with Crippen LogP contribution in [-0.2, 0) is 14.8 Å². The monoisotopic (exact) mass is 442 g/mol. The van der Waals surface area contributed by atoms with Crippen molar-refractivity contribution in [2.75, 3.05) is 31.3 Å². The predicted molar refractivity (Wildman–Crippen MR) is 109 cm³/mol. The minimum absolute atomic E-state index is 0.148. The Morgan fingerprint density at radius 1 is 1.36 bits per heavy atom. The van der Waals surface area contributed by atoms with E-state index in [0.717, 1.165) is 10.1 Å². The Labute approximate surface area is 172 Å². The van der Waals surface area contributed by atoms with Gasteiger partial charge in [-0.05, 0) is 42.9 Å². The van der Waals surface area contributed by atoms with E-state index in [9.17, 15) is 13.2 Å². The molecule has 1 saturated heterocycles. The number of aromatic nitrogens is 2. The van der Waals surface area contributed by atoms with E-state index in [0.29, 0.717) is 30.3 Å². The number of hydrogen-bond acceptors (Lipinski definition) is 8. The third kappa shape index (κ3) is 4.83. The van der Waals surface area contributed by atoms with Crippen molar-refractivity contribution in [1.82, 2.24) is 14.5 Å². The van der Waals surface area contributed by atoms with E-state index in [2.05, 4.69) is 15.5 Å². The highest BCUT2D eigenvalue weighted by Gasteiger charge is 2.33. The second-order valence-corrected chi connectivity index (χ2v) is 10.6. The Morgan fingerprint density at radius 3 is 2.79 bits per heavy atom. The zero-order chi connectivity index (χ0) is 20.1. The second-order valence-electron chi connectivity index (χ2n) is 6.17. The van der Waals surface area contributed by atoms with Crippen LogP contribution in [0.2, 0.25) is 0 Å². The number of thioether (sulfide) groups is 1. The second kappa shape index (κ2) is 9.21. The molecule has 2 aromatic rings. The lowest BCUT2D eigenvalue weighted by Gasteiger charge is -2.31. The molecule has 0 radical (unpaired) electrons. The lowest BCUT2D eigenvalue weighted by Crippen LogP contribution is -2.43. The Morgan fingerprint density at radius 2 is 2.11 bits per heavy atom. The molecule has 1 aliphatic rings. The van der Waals surface area contributed by atoms with Crippen molar-refractivity contribution in [3.8, 4) is 5.75 Å².